The number of likely N-dealkylation sites (tertiary alicyclic amines) is 1. The normalized spacial score (nSPS) is 23.5. The maximum absolute atomic E-state index is 12.7. The van der Waals surface area contributed by atoms with Crippen molar-refractivity contribution in [3.05, 3.63) is 23.8 Å². The summed E-state index contributed by atoms with van der Waals surface area (Å²) in [6.07, 6.45) is 0.597. The number of rotatable bonds is 3. The first-order chi connectivity index (χ1) is 11.8. The van der Waals surface area contributed by atoms with Crippen LogP contribution >= 0.6 is 0 Å². The number of carboxylic acid groups (broad SMARTS) is 1. The molecular formula is C19H25NO5. The van der Waals surface area contributed by atoms with Crippen LogP contribution in [0.5, 0.6) is 11.5 Å². The number of hydrogen-bond acceptors (Lipinski definition) is 4. The molecule has 0 aromatic heterocycles. The molecule has 1 amide bonds. The molecule has 1 N–H and O–H groups in total. The Morgan fingerprint density at radius 2 is 2.00 bits per heavy atom. The molecule has 2 atom stereocenters. The molecule has 0 saturated carbocycles. The number of fused-ring (bicyclic) bond motifs is 1. The fourth-order valence-corrected chi connectivity index (χ4v) is 3.62. The lowest BCUT2D eigenvalue weighted by molar-refractivity contribution is -0.153. The summed E-state index contributed by atoms with van der Waals surface area (Å²) in [6.45, 7) is 7.51. The molecule has 2 aliphatic heterocycles. The fourth-order valence-electron chi connectivity index (χ4n) is 3.62. The first kappa shape index (κ1) is 17.6. The van der Waals surface area contributed by atoms with E-state index in [9.17, 15) is 14.7 Å². The van der Waals surface area contributed by atoms with Crippen LogP contribution in [0, 0.1) is 11.3 Å². The highest BCUT2D eigenvalue weighted by Gasteiger charge is 2.43. The van der Waals surface area contributed by atoms with Gasteiger partial charge < -0.3 is 19.5 Å². The Bertz CT molecular complexity index is 679. The highest BCUT2D eigenvalue weighted by Crippen LogP contribution is 2.45. The van der Waals surface area contributed by atoms with Crippen molar-refractivity contribution >= 4 is 11.9 Å². The first-order valence-electron chi connectivity index (χ1n) is 8.69. The van der Waals surface area contributed by atoms with Gasteiger partial charge in [0.2, 0.25) is 5.91 Å². The lowest BCUT2D eigenvalue weighted by Crippen LogP contribution is -2.48. The molecule has 1 aromatic carbocycles. The van der Waals surface area contributed by atoms with Gasteiger partial charge in [-0.1, -0.05) is 32.9 Å². The second kappa shape index (κ2) is 6.58. The Kier molecular flexibility index (Phi) is 4.62. The maximum Gasteiger partial charge on any atom is 0.308 e. The van der Waals surface area contributed by atoms with Crippen molar-refractivity contribution in [1.29, 1.82) is 0 Å². The molecule has 136 valence electrons. The highest BCUT2D eigenvalue weighted by atomic mass is 16.6. The summed E-state index contributed by atoms with van der Waals surface area (Å²) < 4.78 is 11.4. The summed E-state index contributed by atoms with van der Waals surface area (Å²) in [7, 11) is 0. The molecule has 1 saturated heterocycles. The van der Waals surface area contributed by atoms with Crippen LogP contribution in [0.2, 0.25) is 0 Å². The average Bonchev–Trinajstić information content (AvgIpc) is 2.55. The minimum Gasteiger partial charge on any atom is -0.486 e. The molecule has 3 rings (SSSR count). The van der Waals surface area contributed by atoms with Gasteiger partial charge in [-0.25, -0.2) is 0 Å². The SMILES string of the molecule is CC(C)(C)CN1C(=O)CCC(C(=O)O)C1c1cccc2c1OCCO2. The van der Waals surface area contributed by atoms with Crippen LogP contribution in [0.4, 0.5) is 0 Å². The second-order valence-corrected chi connectivity index (χ2v) is 7.88. The number of benzene rings is 1. The van der Waals surface area contributed by atoms with E-state index in [0.29, 0.717) is 37.7 Å². The van der Waals surface area contributed by atoms with Gasteiger partial charge in [0.05, 0.1) is 12.0 Å². The molecule has 2 unspecified atom stereocenters. The third kappa shape index (κ3) is 3.57. The number of hydrogen-bond donors (Lipinski definition) is 1. The quantitative estimate of drug-likeness (QED) is 0.910. The van der Waals surface area contributed by atoms with Crippen molar-refractivity contribution in [1.82, 2.24) is 4.90 Å². The van der Waals surface area contributed by atoms with Crippen LogP contribution in [0.1, 0.15) is 45.2 Å². The third-order valence-electron chi connectivity index (χ3n) is 4.58. The molecule has 6 nitrogen and oxygen atoms in total. The van der Waals surface area contributed by atoms with E-state index < -0.39 is 17.9 Å². The summed E-state index contributed by atoms with van der Waals surface area (Å²) in [5, 5.41) is 9.77. The van der Waals surface area contributed by atoms with Crippen molar-refractivity contribution in [3.63, 3.8) is 0 Å². The van der Waals surface area contributed by atoms with E-state index >= 15 is 0 Å². The lowest BCUT2D eigenvalue weighted by atomic mass is 9.82. The van der Waals surface area contributed by atoms with E-state index in [1.165, 1.54) is 0 Å². The number of carbonyl (C=O) groups excluding carboxylic acids is 1. The summed E-state index contributed by atoms with van der Waals surface area (Å²) in [4.78, 5) is 26.3. The summed E-state index contributed by atoms with van der Waals surface area (Å²) in [5.74, 6) is -0.366. The predicted molar refractivity (Wildman–Crippen MR) is 91.7 cm³/mol. The summed E-state index contributed by atoms with van der Waals surface area (Å²) in [6, 6.07) is 4.94. The number of aliphatic carboxylic acids is 1. The number of para-hydroxylation sites is 1. The van der Waals surface area contributed by atoms with Gasteiger partial charge in [0.1, 0.15) is 13.2 Å². The minimum absolute atomic E-state index is 0.00763. The molecule has 25 heavy (non-hydrogen) atoms. The molecule has 0 aliphatic carbocycles. The van der Waals surface area contributed by atoms with E-state index in [1.54, 1.807) is 4.90 Å². The van der Waals surface area contributed by atoms with E-state index in [1.807, 2.05) is 39.0 Å². The van der Waals surface area contributed by atoms with E-state index in [-0.39, 0.29) is 17.7 Å². The van der Waals surface area contributed by atoms with Crippen LogP contribution in [0.3, 0.4) is 0 Å². The number of piperidine rings is 1. The van der Waals surface area contributed by atoms with Gasteiger partial charge >= 0.3 is 5.97 Å². The van der Waals surface area contributed by atoms with Crippen molar-refractivity contribution in [3.8, 4) is 11.5 Å². The molecule has 0 spiro atoms. The zero-order chi connectivity index (χ0) is 18.2. The van der Waals surface area contributed by atoms with Crippen LogP contribution in [0.25, 0.3) is 0 Å². The first-order valence-corrected chi connectivity index (χ1v) is 8.69. The van der Waals surface area contributed by atoms with Gasteiger partial charge in [0.15, 0.2) is 11.5 Å². The van der Waals surface area contributed by atoms with Crippen molar-refractivity contribution in [2.24, 2.45) is 11.3 Å². The van der Waals surface area contributed by atoms with Gasteiger partial charge in [0.25, 0.3) is 0 Å². The second-order valence-electron chi connectivity index (χ2n) is 7.88. The number of carboxylic acids is 1. The summed E-state index contributed by atoms with van der Waals surface area (Å²) >= 11 is 0. The predicted octanol–water partition coefficient (Wildman–Crippen LogP) is 2.87. The molecule has 6 heteroatoms. The Hall–Kier alpha value is -2.24. The third-order valence-corrected chi connectivity index (χ3v) is 4.58. The Morgan fingerprint density at radius 3 is 2.68 bits per heavy atom. The fraction of sp³-hybridized carbons (Fsp3) is 0.579. The van der Waals surface area contributed by atoms with E-state index in [4.69, 9.17) is 9.47 Å². The number of ether oxygens (including phenoxy) is 2. The van der Waals surface area contributed by atoms with E-state index in [0.717, 1.165) is 5.56 Å². The van der Waals surface area contributed by atoms with Crippen LogP contribution in [-0.2, 0) is 9.59 Å². The topological polar surface area (TPSA) is 76.1 Å². The number of amides is 1. The Labute approximate surface area is 147 Å². The Balaban J connectivity index is 2.08. The zero-order valence-electron chi connectivity index (χ0n) is 14.9. The lowest BCUT2D eigenvalue weighted by Gasteiger charge is -2.43. The van der Waals surface area contributed by atoms with Crippen LogP contribution < -0.4 is 9.47 Å². The smallest absolute Gasteiger partial charge is 0.308 e. The van der Waals surface area contributed by atoms with Crippen molar-refractivity contribution in [2.45, 2.75) is 39.7 Å². The monoisotopic (exact) mass is 347 g/mol. The molecule has 0 radical (unpaired) electrons. The highest BCUT2D eigenvalue weighted by molar-refractivity contribution is 5.82. The molecule has 2 heterocycles. The molecule has 2 aliphatic rings. The maximum atomic E-state index is 12.7. The van der Waals surface area contributed by atoms with Crippen LogP contribution in [-0.4, -0.2) is 41.6 Å². The standard InChI is InChI=1S/C19H25NO5/c1-19(2,3)11-20-15(21)8-7-13(18(22)23)16(20)12-5-4-6-14-17(12)25-10-9-24-14/h4-6,13,16H,7-11H2,1-3H3,(H,22,23). The van der Waals surface area contributed by atoms with Gasteiger partial charge in [-0.05, 0) is 17.9 Å². The number of carbonyl (C=O) groups is 2. The molecular weight excluding hydrogens is 322 g/mol. The number of nitrogens with zero attached hydrogens (tertiary/aromatic N) is 1. The molecule has 0 bridgehead atoms. The van der Waals surface area contributed by atoms with Gasteiger partial charge in [-0.3, -0.25) is 9.59 Å². The molecule has 1 aromatic rings. The summed E-state index contributed by atoms with van der Waals surface area (Å²) in [5.41, 5.74) is 0.586. The van der Waals surface area contributed by atoms with Crippen LogP contribution in [0.15, 0.2) is 18.2 Å². The largest absolute Gasteiger partial charge is 0.486 e. The minimum atomic E-state index is -0.884. The average molecular weight is 347 g/mol. The van der Waals surface area contributed by atoms with Crippen molar-refractivity contribution in [2.75, 3.05) is 19.8 Å². The van der Waals surface area contributed by atoms with E-state index in [2.05, 4.69) is 0 Å². The Morgan fingerprint density at radius 1 is 1.28 bits per heavy atom. The van der Waals surface area contributed by atoms with Gasteiger partial charge in [0, 0.05) is 18.5 Å². The van der Waals surface area contributed by atoms with Gasteiger partial charge in [-0.2, -0.15) is 0 Å². The van der Waals surface area contributed by atoms with Crippen molar-refractivity contribution < 1.29 is 24.2 Å². The molecule has 1 fully saturated rings. The van der Waals surface area contributed by atoms with Gasteiger partial charge in [-0.15, -0.1) is 0 Å². The zero-order valence-corrected chi connectivity index (χ0v) is 14.9.